The molecule has 0 aliphatic carbocycles. The largest absolute Gasteiger partial charge is 0.465 e. The number of carbonyl (C=O) groups is 2. The molecule has 2 N–H and O–H groups in total. The van der Waals surface area contributed by atoms with E-state index in [1.165, 1.54) is 7.11 Å². The molecule has 2 aromatic carbocycles. The van der Waals surface area contributed by atoms with Gasteiger partial charge in [-0.3, -0.25) is 4.79 Å². The van der Waals surface area contributed by atoms with Crippen molar-refractivity contribution in [1.29, 1.82) is 0 Å². The SMILES string of the molecule is COC(=O)c1ccc(C(=O)NCC(O)(c2ccccc2)C2CCOCC2)cc1. The highest BCUT2D eigenvalue weighted by Crippen LogP contribution is 2.35. The molecule has 6 heteroatoms. The molecule has 0 radical (unpaired) electrons. The van der Waals surface area contributed by atoms with Crippen molar-refractivity contribution in [3.05, 3.63) is 71.3 Å². The van der Waals surface area contributed by atoms with E-state index in [2.05, 4.69) is 10.1 Å². The molecule has 1 saturated heterocycles. The number of hydrogen-bond acceptors (Lipinski definition) is 5. The molecule has 1 atom stereocenters. The zero-order chi connectivity index (χ0) is 20.0. The number of hydrogen-bond donors (Lipinski definition) is 2. The highest BCUT2D eigenvalue weighted by Gasteiger charge is 2.39. The molecule has 28 heavy (non-hydrogen) atoms. The molecule has 1 aliphatic rings. The van der Waals surface area contributed by atoms with E-state index >= 15 is 0 Å². The van der Waals surface area contributed by atoms with E-state index in [0.29, 0.717) is 24.3 Å². The fourth-order valence-corrected chi connectivity index (χ4v) is 3.58. The number of benzene rings is 2. The Morgan fingerprint density at radius 1 is 1.07 bits per heavy atom. The van der Waals surface area contributed by atoms with Crippen LogP contribution in [0.15, 0.2) is 54.6 Å². The number of carbonyl (C=O) groups excluding carboxylic acids is 2. The van der Waals surface area contributed by atoms with Crippen molar-refractivity contribution in [3.63, 3.8) is 0 Å². The van der Waals surface area contributed by atoms with Crippen LogP contribution in [0.3, 0.4) is 0 Å². The second-order valence-corrected chi connectivity index (χ2v) is 6.93. The van der Waals surface area contributed by atoms with E-state index in [9.17, 15) is 14.7 Å². The lowest BCUT2D eigenvalue weighted by Gasteiger charge is -2.39. The van der Waals surface area contributed by atoms with Crippen LogP contribution in [0, 0.1) is 5.92 Å². The van der Waals surface area contributed by atoms with Gasteiger partial charge in [0.05, 0.1) is 19.2 Å². The molecular weight excluding hydrogens is 358 g/mol. The second-order valence-electron chi connectivity index (χ2n) is 6.93. The van der Waals surface area contributed by atoms with E-state index < -0.39 is 11.6 Å². The number of aliphatic hydroxyl groups is 1. The van der Waals surface area contributed by atoms with Crippen LogP contribution in [-0.2, 0) is 15.1 Å². The summed E-state index contributed by atoms with van der Waals surface area (Å²) >= 11 is 0. The van der Waals surface area contributed by atoms with Crippen LogP contribution in [-0.4, -0.2) is 43.9 Å². The predicted molar refractivity (Wildman–Crippen MR) is 104 cm³/mol. The standard InChI is InChI=1S/C22H25NO5/c1-27-21(25)17-9-7-16(8-10-17)20(24)23-15-22(26,18-5-3-2-4-6-18)19-11-13-28-14-12-19/h2-10,19,26H,11-15H2,1H3,(H,23,24). The van der Waals surface area contributed by atoms with Crippen LogP contribution < -0.4 is 5.32 Å². The normalized spacial score (nSPS) is 16.8. The van der Waals surface area contributed by atoms with Crippen LogP contribution in [0.2, 0.25) is 0 Å². The van der Waals surface area contributed by atoms with E-state index in [1.807, 2.05) is 30.3 Å². The summed E-state index contributed by atoms with van der Waals surface area (Å²) in [7, 11) is 1.31. The number of esters is 1. The van der Waals surface area contributed by atoms with Gasteiger partial charge >= 0.3 is 5.97 Å². The number of ether oxygens (including phenoxy) is 2. The Morgan fingerprint density at radius 2 is 1.68 bits per heavy atom. The summed E-state index contributed by atoms with van der Waals surface area (Å²) in [5.74, 6) is -0.770. The molecule has 0 spiro atoms. The third-order valence-corrected chi connectivity index (χ3v) is 5.26. The van der Waals surface area contributed by atoms with E-state index in [0.717, 1.165) is 18.4 Å². The van der Waals surface area contributed by atoms with Crippen molar-refractivity contribution in [1.82, 2.24) is 5.32 Å². The van der Waals surface area contributed by atoms with Crippen LogP contribution in [0.5, 0.6) is 0 Å². The van der Waals surface area contributed by atoms with Gasteiger partial charge in [-0.25, -0.2) is 4.79 Å². The minimum atomic E-state index is -1.17. The van der Waals surface area contributed by atoms with Crippen molar-refractivity contribution in [2.24, 2.45) is 5.92 Å². The minimum absolute atomic E-state index is 0.00866. The minimum Gasteiger partial charge on any atom is -0.465 e. The maximum Gasteiger partial charge on any atom is 0.337 e. The maximum absolute atomic E-state index is 12.6. The first-order chi connectivity index (χ1) is 13.5. The van der Waals surface area contributed by atoms with E-state index in [-0.39, 0.29) is 18.4 Å². The molecule has 1 fully saturated rings. The summed E-state index contributed by atoms with van der Waals surface area (Å²) < 4.78 is 10.1. The summed E-state index contributed by atoms with van der Waals surface area (Å²) in [5.41, 5.74) is 0.396. The topological polar surface area (TPSA) is 84.9 Å². The smallest absolute Gasteiger partial charge is 0.337 e. The molecule has 6 nitrogen and oxygen atoms in total. The summed E-state index contributed by atoms with van der Waals surface area (Å²) in [6.45, 7) is 1.30. The summed E-state index contributed by atoms with van der Waals surface area (Å²) in [6, 6.07) is 15.6. The lowest BCUT2D eigenvalue weighted by atomic mass is 9.77. The Bertz CT molecular complexity index is 799. The number of rotatable bonds is 6. The summed E-state index contributed by atoms with van der Waals surface area (Å²) in [4.78, 5) is 24.1. The Hall–Kier alpha value is -2.70. The first kappa shape index (κ1) is 20.0. The van der Waals surface area contributed by atoms with Crippen LogP contribution >= 0.6 is 0 Å². The molecule has 0 bridgehead atoms. The fraction of sp³-hybridized carbons (Fsp3) is 0.364. The quantitative estimate of drug-likeness (QED) is 0.749. The summed E-state index contributed by atoms with van der Waals surface area (Å²) in [5, 5.41) is 14.4. The Balaban J connectivity index is 1.74. The summed E-state index contributed by atoms with van der Waals surface area (Å²) in [6.07, 6.45) is 1.46. The zero-order valence-corrected chi connectivity index (χ0v) is 15.9. The van der Waals surface area contributed by atoms with Gasteiger partial charge < -0.3 is 19.9 Å². The molecular formula is C22H25NO5. The predicted octanol–water partition coefficient (Wildman–Crippen LogP) is 2.52. The van der Waals surface area contributed by atoms with Gasteiger partial charge in [-0.2, -0.15) is 0 Å². The fourth-order valence-electron chi connectivity index (χ4n) is 3.58. The van der Waals surface area contributed by atoms with Gasteiger partial charge in [0.25, 0.3) is 5.91 Å². The van der Waals surface area contributed by atoms with E-state index in [4.69, 9.17) is 4.74 Å². The zero-order valence-electron chi connectivity index (χ0n) is 15.9. The van der Waals surface area contributed by atoms with Gasteiger partial charge in [0.1, 0.15) is 5.60 Å². The van der Waals surface area contributed by atoms with Gasteiger partial charge in [0.2, 0.25) is 0 Å². The molecule has 3 rings (SSSR count). The Kier molecular flexibility index (Phi) is 6.44. The molecule has 1 amide bonds. The van der Waals surface area contributed by atoms with Gasteiger partial charge in [0, 0.05) is 18.8 Å². The highest BCUT2D eigenvalue weighted by molar-refractivity contribution is 5.96. The average Bonchev–Trinajstić information content (AvgIpc) is 2.78. The first-order valence-electron chi connectivity index (χ1n) is 9.37. The Labute approximate surface area is 164 Å². The molecule has 2 aromatic rings. The van der Waals surface area contributed by atoms with Crippen LogP contribution in [0.4, 0.5) is 0 Å². The van der Waals surface area contributed by atoms with Crippen molar-refractivity contribution < 1.29 is 24.2 Å². The van der Waals surface area contributed by atoms with Gasteiger partial charge in [-0.15, -0.1) is 0 Å². The number of amides is 1. The van der Waals surface area contributed by atoms with Crippen LogP contribution in [0.1, 0.15) is 39.1 Å². The Morgan fingerprint density at radius 3 is 2.29 bits per heavy atom. The second kappa shape index (κ2) is 8.99. The number of nitrogens with one attached hydrogen (secondary N) is 1. The van der Waals surface area contributed by atoms with Crippen molar-refractivity contribution in [3.8, 4) is 0 Å². The molecule has 148 valence electrons. The van der Waals surface area contributed by atoms with E-state index in [1.54, 1.807) is 24.3 Å². The van der Waals surface area contributed by atoms with Crippen molar-refractivity contribution in [2.45, 2.75) is 18.4 Å². The third-order valence-electron chi connectivity index (χ3n) is 5.26. The maximum atomic E-state index is 12.6. The molecule has 1 aliphatic heterocycles. The van der Waals surface area contributed by atoms with Crippen molar-refractivity contribution >= 4 is 11.9 Å². The molecule has 1 unspecified atom stereocenters. The van der Waals surface area contributed by atoms with Gasteiger partial charge in [-0.05, 0) is 48.6 Å². The molecule has 0 saturated carbocycles. The van der Waals surface area contributed by atoms with Gasteiger partial charge in [-0.1, -0.05) is 30.3 Å². The van der Waals surface area contributed by atoms with Gasteiger partial charge in [0.15, 0.2) is 0 Å². The molecule has 0 aromatic heterocycles. The highest BCUT2D eigenvalue weighted by atomic mass is 16.5. The lowest BCUT2D eigenvalue weighted by Crippen LogP contribution is -2.47. The van der Waals surface area contributed by atoms with Crippen LogP contribution in [0.25, 0.3) is 0 Å². The molecule has 1 heterocycles. The first-order valence-corrected chi connectivity index (χ1v) is 9.37. The lowest BCUT2D eigenvalue weighted by molar-refractivity contribution is -0.0680. The average molecular weight is 383 g/mol. The third kappa shape index (κ3) is 4.40. The number of methoxy groups -OCH3 is 1. The van der Waals surface area contributed by atoms with Crippen molar-refractivity contribution in [2.75, 3.05) is 26.9 Å². The monoisotopic (exact) mass is 383 g/mol.